The fourth-order valence-corrected chi connectivity index (χ4v) is 2.72. The molecule has 5 nitrogen and oxygen atoms in total. The van der Waals surface area contributed by atoms with Crippen LogP contribution in [0.15, 0.2) is 18.3 Å². The molecule has 2 atom stereocenters. The van der Waals surface area contributed by atoms with Gasteiger partial charge in [0, 0.05) is 17.8 Å². The van der Waals surface area contributed by atoms with E-state index in [1.807, 2.05) is 46.0 Å². The molecule has 5 heteroatoms. The summed E-state index contributed by atoms with van der Waals surface area (Å²) in [6.45, 7) is 7.61. The molecule has 1 fully saturated rings. The summed E-state index contributed by atoms with van der Waals surface area (Å²) in [6.07, 6.45) is 5.66. The zero-order valence-corrected chi connectivity index (χ0v) is 14.0. The average Bonchev–Trinajstić information content (AvgIpc) is 2.39. The Kier molecular flexibility index (Phi) is 5.27. The van der Waals surface area contributed by atoms with E-state index >= 15 is 0 Å². The molecule has 1 amide bonds. The topological polar surface area (TPSA) is 63.2 Å². The number of alkyl carbamates (subject to hydrolysis) is 1. The highest BCUT2D eigenvalue weighted by Crippen LogP contribution is 2.22. The van der Waals surface area contributed by atoms with Crippen LogP contribution in [0.1, 0.15) is 52.1 Å². The van der Waals surface area contributed by atoms with Crippen molar-refractivity contribution in [1.29, 1.82) is 0 Å². The maximum atomic E-state index is 11.9. The SMILES string of the molecule is Cc1ccc(NC2CCCC(NC(=O)OC(C)(C)C)C2)cn1. The van der Waals surface area contributed by atoms with Gasteiger partial charge in [0.15, 0.2) is 0 Å². The molecule has 0 spiro atoms. The first-order valence-corrected chi connectivity index (χ1v) is 8.00. The summed E-state index contributed by atoms with van der Waals surface area (Å²) in [6, 6.07) is 4.58. The Morgan fingerprint density at radius 3 is 2.64 bits per heavy atom. The van der Waals surface area contributed by atoms with Crippen LogP contribution in [0.2, 0.25) is 0 Å². The van der Waals surface area contributed by atoms with Crippen LogP contribution in [-0.4, -0.2) is 28.8 Å². The number of nitrogens with one attached hydrogen (secondary N) is 2. The number of rotatable bonds is 3. The van der Waals surface area contributed by atoms with Gasteiger partial charge in [0.25, 0.3) is 0 Å². The second kappa shape index (κ2) is 6.99. The Hall–Kier alpha value is -1.78. The van der Waals surface area contributed by atoms with Crippen LogP contribution in [0.3, 0.4) is 0 Å². The largest absolute Gasteiger partial charge is 0.444 e. The lowest BCUT2D eigenvalue weighted by Crippen LogP contribution is -2.43. The Morgan fingerprint density at radius 2 is 2.00 bits per heavy atom. The minimum absolute atomic E-state index is 0.166. The summed E-state index contributed by atoms with van der Waals surface area (Å²) in [5, 5.41) is 6.49. The second-order valence-corrected chi connectivity index (χ2v) is 7.04. The molecule has 0 bridgehead atoms. The Labute approximate surface area is 132 Å². The molecule has 22 heavy (non-hydrogen) atoms. The number of carbonyl (C=O) groups excluding carboxylic acids is 1. The third-order valence-electron chi connectivity index (χ3n) is 3.68. The highest BCUT2D eigenvalue weighted by Gasteiger charge is 2.25. The molecule has 2 rings (SSSR count). The number of ether oxygens (including phenoxy) is 1. The maximum absolute atomic E-state index is 11.9. The van der Waals surface area contributed by atoms with E-state index in [2.05, 4.69) is 15.6 Å². The first kappa shape index (κ1) is 16.6. The van der Waals surface area contributed by atoms with Gasteiger partial charge in [-0.1, -0.05) is 0 Å². The Bertz CT molecular complexity index is 494. The number of carbonyl (C=O) groups is 1. The van der Waals surface area contributed by atoms with Gasteiger partial charge >= 0.3 is 6.09 Å². The molecule has 0 aromatic carbocycles. The molecule has 1 aliphatic carbocycles. The lowest BCUT2D eigenvalue weighted by atomic mass is 9.91. The van der Waals surface area contributed by atoms with E-state index < -0.39 is 5.60 Å². The van der Waals surface area contributed by atoms with Crippen LogP contribution >= 0.6 is 0 Å². The van der Waals surface area contributed by atoms with Crippen molar-refractivity contribution < 1.29 is 9.53 Å². The lowest BCUT2D eigenvalue weighted by Gasteiger charge is -2.31. The van der Waals surface area contributed by atoms with Crippen molar-refractivity contribution in [3.8, 4) is 0 Å². The number of anilines is 1. The van der Waals surface area contributed by atoms with E-state index in [9.17, 15) is 4.79 Å². The van der Waals surface area contributed by atoms with Crippen molar-refractivity contribution in [2.24, 2.45) is 0 Å². The maximum Gasteiger partial charge on any atom is 0.407 e. The molecule has 0 radical (unpaired) electrons. The van der Waals surface area contributed by atoms with Crippen molar-refractivity contribution >= 4 is 11.8 Å². The number of pyridine rings is 1. The molecule has 1 aromatic rings. The number of amides is 1. The fraction of sp³-hybridized carbons (Fsp3) is 0.647. The number of aromatic nitrogens is 1. The van der Waals surface area contributed by atoms with Gasteiger partial charge in [-0.15, -0.1) is 0 Å². The van der Waals surface area contributed by atoms with Gasteiger partial charge < -0.3 is 15.4 Å². The summed E-state index contributed by atoms with van der Waals surface area (Å²) in [5.41, 5.74) is 1.59. The second-order valence-electron chi connectivity index (χ2n) is 7.04. The molecular formula is C17H27N3O2. The van der Waals surface area contributed by atoms with Crippen molar-refractivity contribution in [1.82, 2.24) is 10.3 Å². The third kappa shape index (κ3) is 5.54. The summed E-state index contributed by atoms with van der Waals surface area (Å²) < 4.78 is 5.33. The standard InChI is InChI=1S/C17H27N3O2/c1-12-8-9-15(11-18-12)19-13-6-5-7-14(10-13)20-16(21)22-17(2,3)4/h8-9,11,13-14,19H,5-7,10H2,1-4H3,(H,20,21). The van der Waals surface area contributed by atoms with Crippen molar-refractivity contribution in [3.05, 3.63) is 24.0 Å². The molecule has 1 aliphatic rings. The molecule has 1 heterocycles. The highest BCUT2D eigenvalue weighted by atomic mass is 16.6. The van der Waals surface area contributed by atoms with E-state index in [0.29, 0.717) is 6.04 Å². The minimum Gasteiger partial charge on any atom is -0.444 e. The highest BCUT2D eigenvalue weighted by molar-refractivity contribution is 5.68. The zero-order valence-electron chi connectivity index (χ0n) is 14.0. The lowest BCUT2D eigenvalue weighted by molar-refractivity contribution is 0.0492. The van der Waals surface area contributed by atoms with E-state index in [4.69, 9.17) is 4.74 Å². The van der Waals surface area contributed by atoms with Crippen LogP contribution in [0.4, 0.5) is 10.5 Å². The third-order valence-corrected chi connectivity index (χ3v) is 3.68. The average molecular weight is 305 g/mol. The zero-order chi connectivity index (χ0) is 16.2. The summed E-state index contributed by atoms with van der Waals surface area (Å²) >= 11 is 0. The smallest absolute Gasteiger partial charge is 0.407 e. The molecule has 0 saturated heterocycles. The van der Waals surface area contributed by atoms with Gasteiger partial charge in [-0.2, -0.15) is 0 Å². The van der Waals surface area contributed by atoms with Crippen molar-refractivity contribution in [2.45, 2.75) is 71.1 Å². The normalized spacial score (nSPS) is 22.0. The number of hydrogen-bond acceptors (Lipinski definition) is 4. The van der Waals surface area contributed by atoms with Gasteiger partial charge in [-0.05, 0) is 65.5 Å². The van der Waals surface area contributed by atoms with Gasteiger partial charge in [-0.3, -0.25) is 4.98 Å². The first-order chi connectivity index (χ1) is 10.3. The van der Waals surface area contributed by atoms with E-state index in [-0.39, 0.29) is 12.1 Å². The predicted molar refractivity (Wildman–Crippen MR) is 88.0 cm³/mol. The minimum atomic E-state index is -0.454. The molecule has 2 unspecified atom stereocenters. The van der Waals surface area contributed by atoms with E-state index in [1.54, 1.807) is 0 Å². The van der Waals surface area contributed by atoms with Gasteiger partial charge in [-0.25, -0.2) is 4.79 Å². The van der Waals surface area contributed by atoms with Crippen LogP contribution < -0.4 is 10.6 Å². The van der Waals surface area contributed by atoms with Crippen molar-refractivity contribution in [2.75, 3.05) is 5.32 Å². The van der Waals surface area contributed by atoms with Crippen LogP contribution in [0, 0.1) is 6.92 Å². The van der Waals surface area contributed by atoms with Crippen LogP contribution in [0.5, 0.6) is 0 Å². The molecule has 1 aromatic heterocycles. The monoisotopic (exact) mass is 305 g/mol. The molecular weight excluding hydrogens is 278 g/mol. The number of nitrogens with zero attached hydrogens (tertiary/aromatic N) is 1. The van der Waals surface area contributed by atoms with Crippen LogP contribution in [0.25, 0.3) is 0 Å². The predicted octanol–water partition coefficient (Wildman–Crippen LogP) is 3.64. The van der Waals surface area contributed by atoms with Gasteiger partial charge in [0.1, 0.15) is 5.60 Å². The van der Waals surface area contributed by atoms with Crippen molar-refractivity contribution in [3.63, 3.8) is 0 Å². The molecule has 122 valence electrons. The van der Waals surface area contributed by atoms with Gasteiger partial charge in [0.05, 0.1) is 11.9 Å². The quantitative estimate of drug-likeness (QED) is 0.895. The fourth-order valence-electron chi connectivity index (χ4n) is 2.72. The number of hydrogen-bond donors (Lipinski definition) is 2. The molecule has 1 saturated carbocycles. The van der Waals surface area contributed by atoms with E-state index in [0.717, 1.165) is 37.1 Å². The molecule has 2 N–H and O–H groups in total. The number of aryl methyl sites for hydroxylation is 1. The van der Waals surface area contributed by atoms with Gasteiger partial charge in [0.2, 0.25) is 0 Å². The Balaban J connectivity index is 1.83. The Morgan fingerprint density at radius 1 is 1.27 bits per heavy atom. The first-order valence-electron chi connectivity index (χ1n) is 8.00. The molecule has 0 aliphatic heterocycles. The summed E-state index contributed by atoms with van der Waals surface area (Å²) in [5.74, 6) is 0. The summed E-state index contributed by atoms with van der Waals surface area (Å²) in [7, 11) is 0. The van der Waals surface area contributed by atoms with E-state index in [1.165, 1.54) is 0 Å². The van der Waals surface area contributed by atoms with Crippen LogP contribution in [-0.2, 0) is 4.74 Å². The summed E-state index contributed by atoms with van der Waals surface area (Å²) in [4.78, 5) is 16.2.